The van der Waals surface area contributed by atoms with Gasteiger partial charge in [0.2, 0.25) is 5.13 Å². The highest BCUT2D eigenvalue weighted by molar-refractivity contribution is 7.14. The van der Waals surface area contributed by atoms with Crippen LogP contribution in [0.25, 0.3) is 11.3 Å². The van der Waals surface area contributed by atoms with Crippen LogP contribution in [0.15, 0.2) is 77.2 Å². The molecule has 0 saturated heterocycles. The summed E-state index contributed by atoms with van der Waals surface area (Å²) in [7, 11) is 0. The number of aryl methyl sites for hydroxylation is 1. The number of aromatic nitrogens is 1. The van der Waals surface area contributed by atoms with E-state index in [9.17, 15) is 0 Å². The molecule has 0 aliphatic carbocycles. The molecule has 0 radical (unpaired) electrons. The normalized spacial score (nSPS) is 11.1. The lowest BCUT2D eigenvalue weighted by Crippen LogP contribution is -1.96. The summed E-state index contributed by atoms with van der Waals surface area (Å²) < 4.78 is 5.80. The molecule has 0 aliphatic rings. The minimum absolute atomic E-state index is 0.416. The second kappa shape index (κ2) is 9.96. The van der Waals surface area contributed by atoms with Crippen LogP contribution in [-0.2, 0) is 6.61 Å². The number of ether oxygens (including phenoxy) is 1. The molecular formula is C24H19Cl2N3OS. The predicted molar refractivity (Wildman–Crippen MR) is 131 cm³/mol. The first-order chi connectivity index (χ1) is 15.1. The van der Waals surface area contributed by atoms with Crippen LogP contribution < -0.4 is 10.2 Å². The monoisotopic (exact) mass is 467 g/mol. The number of hydrazone groups is 1. The number of hydrogen-bond donors (Lipinski definition) is 1. The summed E-state index contributed by atoms with van der Waals surface area (Å²) >= 11 is 13.5. The zero-order chi connectivity index (χ0) is 21.6. The molecule has 31 heavy (non-hydrogen) atoms. The van der Waals surface area contributed by atoms with Crippen molar-refractivity contribution in [1.29, 1.82) is 0 Å². The van der Waals surface area contributed by atoms with Gasteiger partial charge in [-0.2, -0.15) is 5.10 Å². The topological polar surface area (TPSA) is 46.5 Å². The number of anilines is 1. The molecule has 7 heteroatoms. The van der Waals surface area contributed by atoms with Gasteiger partial charge in [-0.3, -0.25) is 5.43 Å². The van der Waals surface area contributed by atoms with Gasteiger partial charge in [-0.05, 0) is 54.4 Å². The van der Waals surface area contributed by atoms with Crippen LogP contribution in [0.3, 0.4) is 0 Å². The van der Waals surface area contributed by atoms with E-state index in [1.165, 1.54) is 16.9 Å². The molecule has 4 rings (SSSR count). The fourth-order valence-electron chi connectivity index (χ4n) is 2.79. The highest BCUT2D eigenvalue weighted by atomic mass is 35.5. The third kappa shape index (κ3) is 5.85. The van der Waals surface area contributed by atoms with E-state index in [1.807, 2.05) is 35.7 Å². The molecule has 1 heterocycles. The quantitative estimate of drug-likeness (QED) is 0.226. The number of nitrogens with zero attached hydrogens (tertiary/aromatic N) is 2. The van der Waals surface area contributed by atoms with Crippen molar-refractivity contribution in [2.24, 2.45) is 5.10 Å². The molecular weight excluding hydrogens is 449 g/mol. The maximum atomic E-state index is 6.04. The first-order valence-electron chi connectivity index (χ1n) is 9.55. The van der Waals surface area contributed by atoms with Gasteiger partial charge in [0, 0.05) is 10.9 Å². The lowest BCUT2D eigenvalue weighted by Gasteiger charge is -2.07. The van der Waals surface area contributed by atoms with Crippen LogP contribution in [0.4, 0.5) is 5.13 Å². The number of hydrogen-bond acceptors (Lipinski definition) is 5. The summed E-state index contributed by atoms with van der Waals surface area (Å²) in [6, 6.07) is 21.4. The van der Waals surface area contributed by atoms with Crippen LogP contribution in [0.5, 0.6) is 5.75 Å². The second-order valence-corrected chi connectivity index (χ2v) is 8.55. The first-order valence-corrected chi connectivity index (χ1v) is 11.2. The lowest BCUT2D eigenvalue weighted by atomic mass is 10.1. The fourth-order valence-corrected chi connectivity index (χ4v) is 3.78. The van der Waals surface area contributed by atoms with Crippen LogP contribution in [0.1, 0.15) is 16.7 Å². The van der Waals surface area contributed by atoms with E-state index < -0.39 is 0 Å². The molecule has 0 aliphatic heterocycles. The van der Waals surface area contributed by atoms with Crippen molar-refractivity contribution in [3.8, 4) is 17.0 Å². The molecule has 3 aromatic carbocycles. The molecule has 0 atom stereocenters. The van der Waals surface area contributed by atoms with Crippen molar-refractivity contribution in [3.05, 3.63) is 98.8 Å². The van der Waals surface area contributed by atoms with Gasteiger partial charge in [0.15, 0.2) is 0 Å². The molecule has 4 nitrogen and oxygen atoms in total. The Labute approximate surface area is 195 Å². The van der Waals surface area contributed by atoms with Gasteiger partial charge in [0.1, 0.15) is 12.4 Å². The van der Waals surface area contributed by atoms with Crippen molar-refractivity contribution in [2.45, 2.75) is 13.5 Å². The van der Waals surface area contributed by atoms with Crippen LogP contribution in [0, 0.1) is 6.92 Å². The van der Waals surface area contributed by atoms with Gasteiger partial charge in [-0.15, -0.1) is 11.3 Å². The van der Waals surface area contributed by atoms with E-state index in [0.717, 1.165) is 33.3 Å². The van der Waals surface area contributed by atoms with Gasteiger partial charge in [-0.1, -0.05) is 59.1 Å². The number of benzene rings is 3. The lowest BCUT2D eigenvalue weighted by molar-refractivity contribution is 0.306. The Morgan fingerprint density at radius 3 is 2.52 bits per heavy atom. The van der Waals surface area contributed by atoms with Crippen molar-refractivity contribution >= 4 is 45.9 Å². The van der Waals surface area contributed by atoms with Crippen molar-refractivity contribution in [2.75, 3.05) is 5.43 Å². The maximum Gasteiger partial charge on any atom is 0.203 e. The van der Waals surface area contributed by atoms with Crippen LogP contribution >= 0.6 is 34.5 Å². The molecule has 0 unspecified atom stereocenters. The average Bonchev–Trinajstić information content (AvgIpc) is 3.25. The Kier molecular flexibility index (Phi) is 6.87. The molecule has 0 spiro atoms. The third-order valence-electron chi connectivity index (χ3n) is 4.49. The third-order valence-corrected chi connectivity index (χ3v) is 5.98. The Morgan fingerprint density at radius 1 is 1.00 bits per heavy atom. The van der Waals surface area contributed by atoms with Gasteiger partial charge in [0.05, 0.1) is 22.0 Å². The molecule has 4 aromatic rings. The molecule has 0 bridgehead atoms. The zero-order valence-electron chi connectivity index (χ0n) is 16.7. The Hall–Kier alpha value is -2.86. The summed E-state index contributed by atoms with van der Waals surface area (Å²) in [6.45, 7) is 2.49. The smallest absolute Gasteiger partial charge is 0.203 e. The number of thiazole rings is 1. The zero-order valence-corrected chi connectivity index (χ0v) is 19.0. The summed E-state index contributed by atoms with van der Waals surface area (Å²) in [6.07, 6.45) is 1.75. The maximum absolute atomic E-state index is 6.04. The minimum atomic E-state index is 0.416. The predicted octanol–water partition coefficient (Wildman–Crippen LogP) is 7.45. The summed E-state index contributed by atoms with van der Waals surface area (Å²) in [5, 5.41) is 8.09. The molecule has 156 valence electrons. The minimum Gasteiger partial charge on any atom is -0.489 e. The molecule has 1 aromatic heterocycles. The Morgan fingerprint density at radius 2 is 1.77 bits per heavy atom. The van der Waals surface area contributed by atoms with Gasteiger partial charge < -0.3 is 4.74 Å². The van der Waals surface area contributed by atoms with E-state index in [2.05, 4.69) is 46.7 Å². The summed E-state index contributed by atoms with van der Waals surface area (Å²) in [5.74, 6) is 0.763. The highest BCUT2D eigenvalue weighted by Crippen LogP contribution is 2.25. The number of halogens is 2. The van der Waals surface area contributed by atoms with E-state index in [4.69, 9.17) is 27.9 Å². The SMILES string of the molecule is Cc1ccc(-c2csc(N/N=C/c3ccc(OCc4ccc(Cl)c(Cl)c4)cc3)n2)cc1. The fraction of sp³-hybridized carbons (Fsp3) is 0.0833. The van der Waals surface area contributed by atoms with Crippen LogP contribution in [-0.4, -0.2) is 11.2 Å². The van der Waals surface area contributed by atoms with Crippen LogP contribution in [0.2, 0.25) is 10.0 Å². The molecule has 1 N–H and O–H groups in total. The first kappa shape index (κ1) is 21.4. The van der Waals surface area contributed by atoms with E-state index >= 15 is 0 Å². The number of rotatable bonds is 7. The van der Waals surface area contributed by atoms with Crippen molar-refractivity contribution < 1.29 is 4.74 Å². The Balaban J connectivity index is 1.30. The van der Waals surface area contributed by atoms with E-state index in [1.54, 1.807) is 18.3 Å². The van der Waals surface area contributed by atoms with Gasteiger partial charge in [-0.25, -0.2) is 4.98 Å². The van der Waals surface area contributed by atoms with Gasteiger partial charge in [0.25, 0.3) is 0 Å². The second-order valence-electron chi connectivity index (χ2n) is 6.88. The number of nitrogens with one attached hydrogen (secondary N) is 1. The summed E-state index contributed by atoms with van der Waals surface area (Å²) in [5.41, 5.74) is 8.15. The Bertz CT molecular complexity index is 1190. The molecule has 0 saturated carbocycles. The van der Waals surface area contributed by atoms with E-state index in [0.29, 0.717) is 16.7 Å². The van der Waals surface area contributed by atoms with E-state index in [-0.39, 0.29) is 0 Å². The highest BCUT2D eigenvalue weighted by Gasteiger charge is 2.04. The van der Waals surface area contributed by atoms with Crippen molar-refractivity contribution in [3.63, 3.8) is 0 Å². The average molecular weight is 468 g/mol. The standard InChI is InChI=1S/C24H19Cl2N3OS/c1-16-2-7-19(8-3-16)23-15-31-24(28-23)29-27-13-17-4-9-20(10-5-17)30-14-18-6-11-21(25)22(26)12-18/h2-13,15H,14H2,1H3,(H,28,29)/b27-13+. The molecule has 0 fully saturated rings. The largest absolute Gasteiger partial charge is 0.489 e. The molecule has 0 amide bonds. The van der Waals surface area contributed by atoms with Gasteiger partial charge >= 0.3 is 0 Å². The van der Waals surface area contributed by atoms with Crippen molar-refractivity contribution in [1.82, 2.24) is 4.98 Å². The summed E-state index contributed by atoms with van der Waals surface area (Å²) in [4.78, 5) is 4.58.